The molecule has 1 aromatic rings. The lowest BCUT2D eigenvalue weighted by Gasteiger charge is -2.17. The smallest absolute Gasteiger partial charge is 0.390 e. The van der Waals surface area contributed by atoms with Gasteiger partial charge in [-0.2, -0.15) is 13.2 Å². The molecule has 0 atom stereocenters. The molecule has 0 saturated heterocycles. The van der Waals surface area contributed by atoms with Crippen molar-refractivity contribution < 1.29 is 22.7 Å². The standard InChI is InChI=1S/C15H18F3NO2/c1-11(12-6-4-5-7-13(12)21-3)10-14(20)19(2)9-8-15(16,17)18/h4-7,10H,8-9H2,1-3H3. The fourth-order valence-corrected chi connectivity index (χ4v) is 1.75. The van der Waals surface area contributed by atoms with Gasteiger partial charge in [-0.25, -0.2) is 0 Å². The maximum Gasteiger partial charge on any atom is 0.390 e. The predicted molar refractivity (Wildman–Crippen MR) is 75.0 cm³/mol. The van der Waals surface area contributed by atoms with Gasteiger partial charge in [0.15, 0.2) is 0 Å². The van der Waals surface area contributed by atoms with Gasteiger partial charge in [0, 0.05) is 25.2 Å². The molecule has 0 aliphatic rings. The van der Waals surface area contributed by atoms with Crippen LogP contribution in [0.15, 0.2) is 30.3 Å². The summed E-state index contributed by atoms with van der Waals surface area (Å²) < 4.78 is 41.6. The summed E-state index contributed by atoms with van der Waals surface area (Å²) >= 11 is 0. The maximum absolute atomic E-state index is 12.1. The Morgan fingerprint density at radius 1 is 1.33 bits per heavy atom. The van der Waals surface area contributed by atoms with Gasteiger partial charge < -0.3 is 9.64 Å². The molecule has 21 heavy (non-hydrogen) atoms. The first kappa shape index (κ1) is 17.1. The van der Waals surface area contributed by atoms with Crippen LogP contribution in [0.2, 0.25) is 0 Å². The zero-order valence-corrected chi connectivity index (χ0v) is 12.2. The normalized spacial score (nSPS) is 12.2. The monoisotopic (exact) mass is 301 g/mol. The van der Waals surface area contributed by atoms with Gasteiger partial charge in [-0.1, -0.05) is 18.2 Å². The van der Waals surface area contributed by atoms with Gasteiger partial charge in [-0.15, -0.1) is 0 Å². The molecule has 0 aliphatic carbocycles. The summed E-state index contributed by atoms with van der Waals surface area (Å²) in [5.41, 5.74) is 1.37. The molecule has 0 saturated carbocycles. The van der Waals surface area contributed by atoms with Crippen molar-refractivity contribution >= 4 is 11.5 Å². The Bertz CT molecular complexity index is 524. The number of benzene rings is 1. The van der Waals surface area contributed by atoms with Crippen molar-refractivity contribution in [2.24, 2.45) is 0 Å². The van der Waals surface area contributed by atoms with Crippen LogP contribution >= 0.6 is 0 Å². The second kappa shape index (κ2) is 7.15. The van der Waals surface area contributed by atoms with Crippen molar-refractivity contribution in [2.45, 2.75) is 19.5 Å². The molecule has 0 unspecified atom stereocenters. The van der Waals surface area contributed by atoms with Crippen molar-refractivity contribution in [1.29, 1.82) is 0 Å². The van der Waals surface area contributed by atoms with Crippen LogP contribution in [0.4, 0.5) is 13.2 Å². The second-order valence-corrected chi connectivity index (χ2v) is 4.65. The highest BCUT2D eigenvalue weighted by atomic mass is 19.4. The molecule has 0 spiro atoms. The third kappa shape index (κ3) is 5.49. The number of hydrogen-bond acceptors (Lipinski definition) is 2. The molecule has 0 fully saturated rings. The molecule has 1 aromatic carbocycles. The minimum atomic E-state index is -4.27. The van der Waals surface area contributed by atoms with E-state index in [1.807, 2.05) is 0 Å². The van der Waals surface area contributed by atoms with Crippen molar-refractivity contribution in [3.05, 3.63) is 35.9 Å². The lowest BCUT2D eigenvalue weighted by molar-refractivity contribution is -0.142. The van der Waals surface area contributed by atoms with E-state index in [0.29, 0.717) is 11.3 Å². The Balaban J connectivity index is 2.79. The molecule has 6 heteroatoms. The van der Waals surface area contributed by atoms with Crippen molar-refractivity contribution in [1.82, 2.24) is 4.90 Å². The average molecular weight is 301 g/mol. The molecule has 116 valence electrons. The zero-order valence-electron chi connectivity index (χ0n) is 12.2. The molecule has 0 aromatic heterocycles. The molecule has 0 radical (unpaired) electrons. The molecule has 0 bridgehead atoms. The van der Waals surface area contributed by atoms with Crippen LogP contribution in [-0.4, -0.2) is 37.7 Å². The van der Waals surface area contributed by atoms with E-state index in [1.165, 1.54) is 20.2 Å². The molecule has 0 N–H and O–H groups in total. The van der Waals surface area contributed by atoms with E-state index in [1.54, 1.807) is 31.2 Å². The number of likely N-dealkylation sites (N-methyl/N-ethyl adjacent to an activating group) is 1. The molecule has 0 heterocycles. The Morgan fingerprint density at radius 3 is 2.52 bits per heavy atom. The number of amides is 1. The van der Waals surface area contributed by atoms with Crippen LogP contribution in [0.25, 0.3) is 5.57 Å². The zero-order chi connectivity index (χ0) is 16.0. The Morgan fingerprint density at radius 2 is 1.95 bits per heavy atom. The fourth-order valence-electron chi connectivity index (χ4n) is 1.75. The van der Waals surface area contributed by atoms with Gasteiger partial charge in [0.05, 0.1) is 13.5 Å². The summed E-state index contributed by atoms with van der Waals surface area (Å²) in [6, 6.07) is 7.14. The number of carbonyl (C=O) groups excluding carboxylic acids is 1. The molecule has 3 nitrogen and oxygen atoms in total. The van der Waals surface area contributed by atoms with Gasteiger partial charge in [0.2, 0.25) is 5.91 Å². The number of halogens is 3. The minimum Gasteiger partial charge on any atom is -0.496 e. The molecular formula is C15H18F3NO2. The van der Waals surface area contributed by atoms with E-state index in [4.69, 9.17) is 4.74 Å². The highest BCUT2D eigenvalue weighted by molar-refractivity contribution is 5.95. The van der Waals surface area contributed by atoms with E-state index >= 15 is 0 Å². The van der Waals surface area contributed by atoms with E-state index < -0.39 is 18.5 Å². The predicted octanol–water partition coefficient (Wildman–Crippen LogP) is 3.51. The number of para-hydroxylation sites is 1. The number of carbonyl (C=O) groups is 1. The minimum absolute atomic E-state index is 0.363. The molecular weight excluding hydrogens is 283 g/mol. The first-order chi connectivity index (χ1) is 9.74. The quantitative estimate of drug-likeness (QED) is 0.779. The molecule has 0 aliphatic heterocycles. The Labute approximate surface area is 122 Å². The van der Waals surface area contributed by atoms with E-state index in [0.717, 1.165) is 10.5 Å². The third-order valence-electron chi connectivity index (χ3n) is 2.98. The number of methoxy groups -OCH3 is 1. The van der Waals surface area contributed by atoms with Crippen LogP contribution in [0, 0.1) is 0 Å². The first-order valence-electron chi connectivity index (χ1n) is 6.38. The number of nitrogens with zero attached hydrogens (tertiary/aromatic N) is 1. The van der Waals surface area contributed by atoms with Crippen LogP contribution in [0.1, 0.15) is 18.9 Å². The third-order valence-corrected chi connectivity index (χ3v) is 2.98. The summed E-state index contributed by atoms with van der Waals surface area (Å²) in [6.45, 7) is 1.35. The van der Waals surface area contributed by atoms with Crippen LogP contribution in [-0.2, 0) is 4.79 Å². The van der Waals surface area contributed by atoms with Crippen molar-refractivity contribution in [3.8, 4) is 5.75 Å². The van der Waals surface area contributed by atoms with Crippen LogP contribution in [0.3, 0.4) is 0 Å². The summed E-state index contributed by atoms with van der Waals surface area (Å²) in [6.07, 6.45) is -3.97. The second-order valence-electron chi connectivity index (χ2n) is 4.65. The topological polar surface area (TPSA) is 29.5 Å². The highest BCUT2D eigenvalue weighted by Gasteiger charge is 2.27. The van der Waals surface area contributed by atoms with Crippen LogP contribution < -0.4 is 4.74 Å². The largest absolute Gasteiger partial charge is 0.496 e. The summed E-state index contributed by atoms with van der Waals surface area (Å²) in [5, 5.41) is 0. The van der Waals surface area contributed by atoms with Crippen molar-refractivity contribution in [3.63, 3.8) is 0 Å². The van der Waals surface area contributed by atoms with Gasteiger partial charge in [-0.05, 0) is 18.6 Å². The fraction of sp³-hybridized carbons (Fsp3) is 0.400. The van der Waals surface area contributed by atoms with Gasteiger partial charge in [-0.3, -0.25) is 4.79 Å². The Hall–Kier alpha value is -1.98. The Kier molecular flexibility index (Phi) is 5.81. The van der Waals surface area contributed by atoms with E-state index in [-0.39, 0.29) is 6.54 Å². The van der Waals surface area contributed by atoms with Crippen molar-refractivity contribution in [2.75, 3.05) is 20.7 Å². The number of allylic oxidation sites excluding steroid dienone is 1. The average Bonchev–Trinajstić information content (AvgIpc) is 2.43. The number of hydrogen-bond donors (Lipinski definition) is 0. The SMILES string of the molecule is COc1ccccc1C(C)=CC(=O)N(C)CCC(F)(F)F. The van der Waals surface area contributed by atoms with Gasteiger partial charge in [0.25, 0.3) is 0 Å². The summed E-state index contributed by atoms with van der Waals surface area (Å²) in [5.74, 6) is 0.139. The van der Waals surface area contributed by atoms with E-state index in [2.05, 4.69) is 0 Å². The first-order valence-corrected chi connectivity index (χ1v) is 6.38. The summed E-state index contributed by atoms with van der Waals surface area (Å²) in [7, 11) is 2.86. The number of rotatable bonds is 5. The van der Waals surface area contributed by atoms with Gasteiger partial charge >= 0.3 is 6.18 Å². The lowest BCUT2D eigenvalue weighted by Crippen LogP contribution is -2.29. The number of alkyl halides is 3. The molecule has 1 rings (SSSR count). The highest BCUT2D eigenvalue weighted by Crippen LogP contribution is 2.25. The maximum atomic E-state index is 12.1. The lowest BCUT2D eigenvalue weighted by atomic mass is 10.1. The van der Waals surface area contributed by atoms with Gasteiger partial charge in [0.1, 0.15) is 5.75 Å². The van der Waals surface area contributed by atoms with E-state index in [9.17, 15) is 18.0 Å². The molecule has 1 amide bonds. The number of ether oxygens (including phenoxy) is 1. The summed E-state index contributed by atoms with van der Waals surface area (Å²) in [4.78, 5) is 12.9. The van der Waals surface area contributed by atoms with Crippen LogP contribution in [0.5, 0.6) is 5.75 Å².